The molecule has 7 nitrogen and oxygen atoms in total. The quantitative estimate of drug-likeness (QED) is 0.800. The molecule has 0 spiro atoms. The van der Waals surface area contributed by atoms with Crippen molar-refractivity contribution < 1.29 is 23.1 Å². The zero-order valence-electron chi connectivity index (χ0n) is 16.6. The molecule has 1 aliphatic heterocycles. The van der Waals surface area contributed by atoms with Gasteiger partial charge in [0.25, 0.3) is 17.7 Å². The van der Waals surface area contributed by atoms with Crippen LogP contribution in [0.5, 0.6) is 5.75 Å². The maximum atomic E-state index is 13.0. The summed E-state index contributed by atoms with van der Waals surface area (Å²) in [6.07, 6.45) is 2.83. The standard InChI is InChI=1S/C20H22F2N4O3/c1-11-7-15(25-8-16(11)29-10-20(3,21)22)12(2)26-9-14-13(19(26)28)5-6-24-17(14)18(27)23-4/h5-8,12H,9-10H2,1-4H3,(H,23,27). The molecule has 0 bridgehead atoms. The van der Waals surface area contributed by atoms with E-state index < -0.39 is 18.6 Å². The largest absolute Gasteiger partial charge is 0.485 e. The third-order valence-electron chi connectivity index (χ3n) is 4.78. The number of halogens is 2. The third kappa shape index (κ3) is 4.18. The number of pyridine rings is 2. The van der Waals surface area contributed by atoms with E-state index >= 15 is 0 Å². The Balaban J connectivity index is 1.82. The molecule has 9 heteroatoms. The van der Waals surface area contributed by atoms with Gasteiger partial charge in [-0.1, -0.05) is 0 Å². The predicted octanol–water partition coefficient (Wildman–Crippen LogP) is 2.90. The van der Waals surface area contributed by atoms with Crippen LogP contribution < -0.4 is 10.1 Å². The normalized spacial score (nSPS) is 14.6. The molecule has 0 saturated carbocycles. The van der Waals surface area contributed by atoms with Crippen molar-refractivity contribution in [1.29, 1.82) is 0 Å². The number of carbonyl (C=O) groups excluding carboxylic acids is 2. The van der Waals surface area contributed by atoms with Crippen molar-refractivity contribution in [2.24, 2.45) is 0 Å². The van der Waals surface area contributed by atoms with Crippen molar-refractivity contribution in [3.05, 3.63) is 52.6 Å². The molecule has 3 heterocycles. The van der Waals surface area contributed by atoms with Crippen molar-refractivity contribution in [1.82, 2.24) is 20.2 Å². The van der Waals surface area contributed by atoms with E-state index in [0.717, 1.165) is 6.92 Å². The summed E-state index contributed by atoms with van der Waals surface area (Å²) in [7, 11) is 1.51. The molecule has 2 aromatic heterocycles. The Labute approximate surface area is 167 Å². The zero-order valence-corrected chi connectivity index (χ0v) is 16.6. The summed E-state index contributed by atoms with van der Waals surface area (Å²) in [6, 6.07) is 2.91. The molecule has 0 fully saturated rings. The van der Waals surface area contributed by atoms with Crippen LogP contribution in [-0.4, -0.2) is 46.3 Å². The number of aryl methyl sites for hydroxylation is 1. The van der Waals surface area contributed by atoms with Crippen LogP contribution in [0.15, 0.2) is 24.5 Å². The van der Waals surface area contributed by atoms with E-state index in [2.05, 4.69) is 15.3 Å². The summed E-state index contributed by atoms with van der Waals surface area (Å²) in [4.78, 5) is 34.9. The number of alkyl halides is 2. The lowest BCUT2D eigenvalue weighted by Crippen LogP contribution is -2.28. The van der Waals surface area contributed by atoms with E-state index in [9.17, 15) is 18.4 Å². The molecule has 154 valence electrons. The lowest BCUT2D eigenvalue weighted by Gasteiger charge is -2.24. The number of nitrogens with one attached hydrogen (secondary N) is 1. The number of ether oxygens (including phenoxy) is 1. The van der Waals surface area contributed by atoms with Gasteiger partial charge in [0.2, 0.25) is 0 Å². The van der Waals surface area contributed by atoms with Gasteiger partial charge in [0.1, 0.15) is 11.4 Å². The van der Waals surface area contributed by atoms with E-state index in [1.165, 1.54) is 19.4 Å². The van der Waals surface area contributed by atoms with Gasteiger partial charge < -0.3 is 15.0 Å². The average molecular weight is 404 g/mol. The lowest BCUT2D eigenvalue weighted by atomic mass is 10.1. The number of hydrogen-bond acceptors (Lipinski definition) is 5. The van der Waals surface area contributed by atoms with E-state index in [-0.39, 0.29) is 29.8 Å². The first kappa shape index (κ1) is 20.6. The molecule has 3 rings (SSSR count). The first-order valence-corrected chi connectivity index (χ1v) is 9.10. The highest BCUT2D eigenvalue weighted by Gasteiger charge is 2.35. The Morgan fingerprint density at radius 3 is 2.76 bits per heavy atom. The minimum atomic E-state index is -2.94. The summed E-state index contributed by atoms with van der Waals surface area (Å²) in [5.74, 6) is -3.25. The highest BCUT2D eigenvalue weighted by Crippen LogP contribution is 2.33. The van der Waals surface area contributed by atoms with Crippen LogP contribution in [0, 0.1) is 6.92 Å². The number of nitrogens with zero attached hydrogens (tertiary/aromatic N) is 3. The number of hydrogen-bond donors (Lipinski definition) is 1. The minimum absolute atomic E-state index is 0.217. The summed E-state index contributed by atoms with van der Waals surface area (Å²) < 4.78 is 31.2. The Hall–Kier alpha value is -3.10. The Morgan fingerprint density at radius 2 is 2.14 bits per heavy atom. The van der Waals surface area contributed by atoms with Crippen molar-refractivity contribution in [2.75, 3.05) is 13.7 Å². The summed E-state index contributed by atoms with van der Waals surface area (Å²) in [6.45, 7) is 3.83. The molecule has 1 N–H and O–H groups in total. The van der Waals surface area contributed by atoms with Gasteiger partial charge in [0.05, 0.1) is 17.9 Å². The maximum Gasteiger partial charge on any atom is 0.278 e. The van der Waals surface area contributed by atoms with Crippen molar-refractivity contribution in [3.8, 4) is 5.75 Å². The molecular weight excluding hydrogens is 382 g/mol. The van der Waals surface area contributed by atoms with Gasteiger partial charge >= 0.3 is 0 Å². The van der Waals surface area contributed by atoms with E-state index in [1.807, 2.05) is 6.92 Å². The fraction of sp³-hybridized carbons (Fsp3) is 0.400. The fourth-order valence-electron chi connectivity index (χ4n) is 3.19. The molecule has 2 aromatic rings. The molecule has 1 aliphatic rings. The van der Waals surface area contributed by atoms with Gasteiger partial charge in [-0.2, -0.15) is 0 Å². The Kier molecular flexibility index (Phi) is 5.50. The van der Waals surface area contributed by atoms with Gasteiger partial charge in [0.15, 0.2) is 6.61 Å². The molecule has 0 aliphatic carbocycles. The number of carbonyl (C=O) groups is 2. The number of aromatic nitrogens is 2. The van der Waals surface area contributed by atoms with Gasteiger partial charge in [-0.3, -0.25) is 19.6 Å². The molecule has 0 radical (unpaired) electrons. The van der Waals surface area contributed by atoms with Crippen LogP contribution in [0.3, 0.4) is 0 Å². The zero-order chi connectivity index (χ0) is 21.3. The Morgan fingerprint density at radius 1 is 1.41 bits per heavy atom. The summed E-state index contributed by atoms with van der Waals surface area (Å²) in [5.41, 5.74) is 2.47. The van der Waals surface area contributed by atoms with Crippen LogP contribution in [0.4, 0.5) is 8.78 Å². The van der Waals surface area contributed by atoms with Crippen LogP contribution in [0.2, 0.25) is 0 Å². The second-order valence-electron chi connectivity index (χ2n) is 7.11. The van der Waals surface area contributed by atoms with Gasteiger partial charge in [-0.15, -0.1) is 0 Å². The monoisotopic (exact) mass is 404 g/mol. The highest BCUT2D eigenvalue weighted by atomic mass is 19.3. The third-order valence-corrected chi connectivity index (χ3v) is 4.78. The van der Waals surface area contributed by atoms with Crippen LogP contribution in [-0.2, 0) is 6.54 Å². The number of rotatable bonds is 6. The second kappa shape index (κ2) is 7.73. The fourth-order valence-corrected chi connectivity index (χ4v) is 3.19. The second-order valence-corrected chi connectivity index (χ2v) is 7.11. The van der Waals surface area contributed by atoms with Crippen molar-refractivity contribution in [3.63, 3.8) is 0 Å². The first-order valence-electron chi connectivity index (χ1n) is 9.10. The average Bonchev–Trinajstić information content (AvgIpc) is 3.02. The van der Waals surface area contributed by atoms with Crippen LogP contribution in [0.25, 0.3) is 0 Å². The van der Waals surface area contributed by atoms with Crippen LogP contribution in [0.1, 0.15) is 57.6 Å². The van der Waals surface area contributed by atoms with Crippen LogP contribution >= 0.6 is 0 Å². The minimum Gasteiger partial charge on any atom is -0.485 e. The predicted molar refractivity (Wildman–Crippen MR) is 101 cm³/mol. The van der Waals surface area contributed by atoms with E-state index in [4.69, 9.17) is 4.74 Å². The maximum absolute atomic E-state index is 13.0. The van der Waals surface area contributed by atoms with E-state index in [0.29, 0.717) is 22.4 Å². The smallest absolute Gasteiger partial charge is 0.278 e. The molecule has 0 saturated heterocycles. The van der Waals surface area contributed by atoms with E-state index in [1.54, 1.807) is 24.0 Å². The molecule has 1 unspecified atom stereocenters. The summed E-state index contributed by atoms with van der Waals surface area (Å²) >= 11 is 0. The first-order chi connectivity index (χ1) is 13.6. The number of fused-ring (bicyclic) bond motifs is 1. The molecule has 2 amide bonds. The lowest BCUT2D eigenvalue weighted by molar-refractivity contribution is -0.0232. The van der Waals surface area contributed by atoms with Gasteiger partial charge in [-0.05, 0) is 31.5 Å². The van der Waals surface area contributed by atoms with Gasteiger partial charge in [0, 0.05) is 37.8 Å². The number of amides is 2. The highest BCUT2D eigenvalue weighted by molar-refractivity contribution is 6.03. The topological polar surface area (TPSA) is 84.4 Å². The Bertz CT molecular complexity index is 959. The molecular formula is C20H22F2N4O3. The van der Waals surface area contributed by atoms with Crippen molar-refractivity contribution >= 4 is 11.8 Å². The molecule has 1 atom stereocenters. The molecule has 29 heavy (non-hydrogen) atoms. The summed E-state index contributed by atoms with van der Waals surface area (Å²) in [5, 5.41) is 2.53. The molecule has 0 aromatic carbocycles. The SMILES string of the molecule is CNC(=O)c1nccc2c1CN(C(C)c1cc(C)c(OCC(C)(F)F)cn1)C2=O. The van der Waals surface area contributed by atoms with Gasteiger partial charge in [-0.25, -0.2) is 8.78 Å². The van der Waals surface area contributed by atoms with Crippen molar-refractivity contribution in [2.45, 2.75) is 39.3 Å².